The van der Waals surface area contributed by atoms with Crippen LogP contribution in [-0.4, -0.2) is 23.1 Å². The van der Waals surface area contributed by atoms with Crippen LogP contribution in [0.15, 0.2) is 0 Å². The summed E-state index contributed by atoms with van der Waals surface area (Å²) in [4.78, 5) is 23.0. The van der Waals surface area contributed by atoms with Crippen LogP contribution in [0.2, 0.25) is 0 Å². The van der Waals surface area contributed by atoms with Crippen LogP contribution in [0, 0.1) is 11.8 Å². The molecule has 0 heterocycles. The summed E-state index contributed by atoms with van der Waals surface area (Å²) in [5.74, 6) is -0.867. The minimum atomic E-state index is -0.985. The lowest BCUT2D eigenvalue weighted by molar-refractivity contribution is -0.168. The van der Waals surface area contributed by atoms with Crippen molar-refractivity contribution in [1.29, 1.82) is 0 Å². The molecule has 0 saturated heterocycles. The molecule has 2 rings (SSSR count). The minimum absolute atomic E-state index is 0.0232. The van der Waals surface area contributed by atoms with Gasteiger partial charge in [0.2, 0.25) is 6.10 Å². The molecule has 2 saturated carbocycles. The zero-order valence-corrected chi connectivity index (χ0v) is 10.8. The maximum absolute atomic E-state index is 11.8. The van der Waals surface area contributed by atoms with Gasteiger partial charge in [-0.3, -0.25) is 4.79 Å². The lowest BCUT2D eigenvalue weighted by Gasteiger charge is -2.20. The molecule has 0 aromatic heterocycles. The molecule has 18 heavy (non-hydrogen) atoms. The van der Waals surface area contributed by atoms with Crippen molar-refractivity contribution < 1.29 is 19.4 Å². The number of ether oxygens (including phenoxy) is 1. The molecule has 102 valence electrons. The number of esters is 1. The number of rotatable bonds is 5. The van der Waals surface area contributed by atoms with Crippen molar-refractivity contribution in [2.24, 2.45) is 11.8 Å². The molecule has 0 spiro atoms. The average Bonchev–Trinajstić information content (AvgIpc) is 2.97. The Kier molecular flexibility index (Phi) is 4.61. The Morgan fingerprint density at radius 3 is 2.17 bits per heavy atom. The van der Waals surface area contributed by atoms with Crippen LogP contribution in [0.4, 0.5) is 0 Å². The van der Waals surface area contributed by atoms with Crippen LogP contribution in [-0.2, 0) is 14.3 Å². The average molecular weight is 254 g/mol. The van der Waals surface area contributed by atoms with Gasteiger partial charge in [0.15, 0.2) is 0 Å². The molecule has 2 aliphatic rings. The lowest BCUT2D eigenvalue weighted by Crippen LogP contribution is -2.33. The lowest BCUT2D eigenvalue weighted by atomic mass is 10.0. The van der Waals surface area contributed by atoms with E-state index in [0.29, 0.717) is 12.3 Å². The fourth-order valence-corrected chi connectivity index (χ4v) is 3.25. The number of hydrogen-bond acceptors (Lipinski definition) is 3. The van der Waals surface area contributed by atoms with Crippen LogP contribution in [0.3, 0.4) is 0 Å². The number of carbonyl (C=O) groups is 2. The summed E-state index contributed by atoms with van der Waals surface area (Å²) < 4.78 is 5.22. The van der Waals surface area contributed by atoms with Gasteiger partial charge in [0.1, 0.15) is 0 Å². The van der Waals surface area contributed by atoms with E-state index in [2.05, 4.69) is 0 Å². The summed E-state index contributed by atoms with van der Waals surface area (Å²) in [7, 11) is 0. The van der Waals surface area contributed by atoms with Gasteiger partial charge >= 0.3 is 11.9 Å². The van der Waals surface area contributed by atoms with E-state index < -0.39 is 12.1 Å². The van der Waals surface area contributed by atoms with E-state index in [-0.39, 0.29) is 11.9 Å². The number of carbonyl (C=O) groups excluding carboxylic acids is 1. The van der Waals surface area contributed by atoms with E-state index in [1.165, 1.54) is 12.8 Å². The van der Waals surface area contributed by atoms with E-state index in [4.69, 9.17) is 9.84 Å². The summed E-state index contributed by atoms with van der Waals surface area (Å²) in [6.07, 6.45) is 7.85. The van der Waals surface area contributed by atoms with Gasteiger partial charge in [-0.25, -0.2) is 4.79 Å². The second-order valence-corrected chi connectivity index (χ2v) is 5.65. The smallest absolute Gasteiger partial charge is 0.345 e. The molecule has 2 fully saturated rings. The highest BCUT2D eigenvalue weighted by Gasteiger charge is 2.34. The zero-order chi connectivity index (χ0) is 13.0. The van der Waals surface area contributed by atoms with Gasteiger partial charge in [0, 0.05) is 12.3 Å². The second kappa shape index (κ2) is 6.21. The fraction of sp³-hybridized carbons (Fsp3) is 0.857. The molecule has 1 N–H and O–H groups in total. The molecule has 1 atom stereocenters. The third-order valence-electron chi connectivity index (χ3n) is 4.26. The highest BCUT2D eigenvalue weighted by molar-refractivity contribution is 5.78. The molecule has 2 aliphatic carbocycles. The van der Waals surface area contributed by atoms with E-state index in [9.17, 15) is 9.59 Å². The van der Waals surface area contributed by atoms with Crippen LogP contribution in [0.5, 0.6) is 0 Å². The van der Waals surface area contributed by atoms with Crippen molar-refractivity contribution >= 4 is 11.9 Å². The predicted molar refractivity (Wildman–Crippen MR) is 66.0 cm³/mol. The molecule has 0 aromatic carbocycles. The van der Waals surface area contributed by atoms with Crippen molar-refractivity contribution in [3.05, 3.63) is 0 Å². The van der Waals surface area contributed by atoms with E-state index in [1.807, 2.05) is 0 Å². The van der Waals surface area contributed by atoms with Crippen molar-refractivity contribution in [1.82, 2.24) is 0 Å². The maximum atomic E-state index is 11.8. The van der Waals surface area contributed by atoms with Gasteiger partial charge in [-0.2, -0.15) is 0 Å². The van der Waals surface area contributed by atoms with Gasteiger partial charge in [0.05, 0.1) is 0 Å². The van der Waals surface area contributed by atoms with Crippen molar-refractivity contribution in [3.63, 3.8) is 0 Å². The van der Waals surface area contributed by atoms with Crippen LogP contribution in [0.25, 0.3) is 0 Å². The first-order chi connectivity index (χ1) is 8.66. The zero-order valence-electron chi connectivity index (χ0n) is 10.8. The van der Waals surface area contributed by atoms with Crippen molar-refractivity contribution in [3.8, 4) is 0 Å². The van der Waals surface area contributed by atoms with Gasteiger partial charge in [0.25, 0.3) is 0 Å². The summed E-state index contributed by atoms with van der Waals surface area (Å²) in [5, 5.41) is 9.17. The SMILES string of the molecule is O=C(CC1CCCC1)OC(C(=O)O)C1CCCC1. The van der Waals surface area contributed by atoms with E-state index in [0.717, 1.165) is 38.5 Å². The van der Waals surface area contributed by atoms with E-state index >= 15 is 0 Å². The molecule has 0 amide bonds. The van der Waals surface area contributed by atoms with Gasteiger partial charge in [-0.05, 0) is 31.6 Å². The minimum Gasteiger partial charge on any atom is -0.478 e. The van der Waals surface area contributed by atoms with Gasteiger partial charge in [-0.15, -0.1) is 0 Å². The third kappa shape index (κ3) is 3.47. The largest absolute Gasteiger partial charge is 0.478 e. The molecule has 0 radical (unpaired) electrons. The van der Waals surface area contributed by atoms with Crippen LogP contribution < -0.4 is 0 Å². The number of aliphatic carboxylic acids is 1. The third-order valence-corrected chi connectivity index (χ3v) is 4.26. The quantitative estimate of drug-likeness (QED) is 0.766. The Labute approximate surface area is 108 Å². The molecule has 1 unspecified atom stereocenters. The Bertz CT molecular complexity index is 301. The first-order valence-electron chi connectivity index (χ1n) is 7.09. The monoisotopic (exact) mass is 254 g/mol. The molecule has 4 heteroatoms. The van der Waals surface area contributed by atoms with Gasteiger partial charge in [-0.1, -0.05) is 25.7 Å². The molecular weight excluding hydrogens is 232 g/mol. The standard InChI is InChI=1S/C14H22O4/c15-12(9-10-5-1-2-6-10)18-13(14(16)17)11-7-3-4-8-11/h10-11,13H,1-9H2,(H,16,17). The number of carboxylic acids is 1. The van der Waals surface area contributed by atoms with Crippen molar-refractivity contribution in [2.75, 3.05) is 0 Å². The normalized spacial score (nSPS) is 23.1. The fourth-order valence-electron chi connectivity index (χ4n) is 3.25. The molecule has 4 nitrogen and oxygen atoms in total. The summed E-state index contributed by atoms with van der Waals surface area (Å²) in [5.41, 5.74) is 0. The Morgan fingerprint density at radius 1 is 1.06 bits per heavy atom. The Hall–Kier alpha value is -1.06. The van der Waals surface area contributed by atoms with E-state index in [1.54, 1.807) is 0 Å². The van der Waals surface area contributed by atoms with Gasteiger partial charge < -0.3 is 9.84 Å². The summed E-state index contributed by atoms with van der Waals surface area (Å²) in [6, 6.07) is 0. The first kappa shape index (κ1) is 13.4. The van der Waals surface area contributed by atoms with Crippen LogP contribution >= 0.6 is 0 Å². The Balaban J connectivity index is 1.83. The Morgan fingerprint density at radius 2 is 1.61 bits per heavy atom. The van der Waals surface area contributed by atoms with Crippen molar-refractivity contribution in [2.45, 2.75) is 63.9 Å². The topological polar surface area (TPSA) is 63.6 Å². The highest BCUT2D eigenvalue weighted by atomic mass is 16.6. The molecular formula is C14H22O4. The molecule has 0 aliphatic heterocycles. The molecule has 0 aromatic rings. The second-order valence-electron chi connectivity index (χ2n) is 5.65. The van der Waals surface area contributed by atoms with Crippen LogP contribution in [0.1, 0.15) is 57.8 Å². The summed E-state index contributed by atoms with van der Waals surface area (Å²) >= 11 is 0. The first-order valence-corrected chi connectivity index (χ1v) is 7.09. The number of carboxylic acid groups (broad SMARTS) is 1. The number of hydrogen-bond donors (Lipinski definition) is 1. The predicted octanol–water partition coefficient (Wildman–Crippen LogP) is 2.75. The maximum Gasteiger partial charge on any atom is 0.345 e. The summed E-state index contributed by atoms with van der Waals surface area (Å²) in [6.45, 7) is 0. The molecule has 0 bridgehead atoms. The highest BCUT2D eigenvalue weighted by Crippen LogP contribution is 2.31.